The molecular weight excluding hydrogens is 409 g/mol. The monoisotopic (exact) mass is 421 g/mol. The first-order chi connectivity index (χ1) is 11.7. The van der Waals surface area contributed by atoms with Crippen LogP contribution in [0.15, 0.2) is 66.9 Å². The fourth-order valence-electron chi connectivity index (χ4n) is 2.75. The Morgan fingerprint density at radius 1 is 0.917 bits per heavy atom. The fourth-order valence-corrected chi connectivity index (χ4v) is 3.11. The van der Waals surface area contributed by atoms with Gasteiger partial charge in [-0.1, -0.05) is 24.3 Å². The lowest BCUT2D eigenvalue weighted by molar-refractivity contribution is 1.39. The lowest BCUT2D eigenvalue weighted by Gasteiger charge is -2.10. The molecule has 3 nitrogen and oxygen atoms in total. The molecule has 0 saturated carbocycles. The first kappa shape index (κ1) is 14.9. The Morgan fingerprint density at radius 3 is 2.33 bits per heavy atom. The van der Waals surface area contributed by atoms with Gasteiger partial charge in [-0.05, 0) is 64.6 Å². The molecule has 0 aliphatic rings. The van der Waals surface area contributed by atoms with Crippen molar-refractivity contribution in [2.24, 2.45) is 0 Å². The van der Waals surface area contributed by atoms with E-state index in [1.807, 2.05) is 36.5 Å². The van der Waals surface area contributed by atoms with Crippen molar-refractivity contribution in [1.82, 2.24) is 9.97 Å². The SMILES string of the molecule is N#Cc1ccc(-c2cc3[nH]ccc3nc2-c2ccc(I)cc2)cc1. The number of nitrogens with zero attached hydrogens (tertiary/aromatic N) is 2. The topological polar surface area (TPSA) is 52.5 Å². The molecule has 4 aromatic rings. The van der Waals surface area contributed by atoms with E-state index in [9.17, 15) is 0 Å². The second-order valence-corrected chi connectivity index (χ2v) is 6.74. The number of aromatic amines is 1. The number of H-pyrrole nitrogens is 1. The number of benzene rings is 2. The molecule has 0 atom stereocenters. The Bertz CT molecular complexity index is 1050. The van der Waals surface area contributed by atoms with Gasteiger partial charge in [0.15, 0.2) is 0 Å². The van der Waals surface area contributed by atoms with Crippen LogP contribution in [0.25, 0.3) is 33.4 Å². The molecule has 0 saturated heterocycles. The Balaban J connectivity index is 1.96. The van der Waals surface area contributed by atoms with E-state index in [1.54, 1.807) is 0 Å². The predicted octanol–water partition coefficient (Wildman–Crippen LogP) is 5.37. The van der Waals surface area contributed by atoms with Crippen molar-refractivity contribution in [2.45, 2.75) is 0 Å². The van der Waals surface area contributed by atoms with E-state index >= 15 is 0 Å². The molecule has 0 amide bonds. The van der Waals surface area contributed by atoms with Crippen LogP contribution in [-0.4, -0.2) is 9.97 Å². The van der Waals surface area contributed by atoms with Crippen molar-refractivity contribution in [3.05, 3.63) is 76.0 Å². The standard InChI is InChI=1S/C20H12IN3/c21-16-7-5-15(6-8-16)20-17(11-19-18(24-20)9-10-23-19)14-3-1-13(12-22)2-4-14/h1-11,23H. The molecule has 4 heteroatoms. The Hall–Kier alpha value is -2.65. The second-order valence-electron chi connectivity index (χ2n) is 5.49. The summed E-state index contributed by atoms with van der Waals surface area (Å²) in [6.07, 6.45) is 1.90. The number of rotatable bonds is 2. The molecule has 4 rings (SSSR count). The molecule has 0 radical (unpaired) electrons. The van der Waals surface area contributed by atoms with E-state index in [2.05, 4.69) is 64.0 Å². The largest absolute Gasteiger partial charge is 0.360 e. The molecule has 2 heterocycles. The third-order valence-corrected chi connectivity index (χ3v) is 4.69. The van der Waals surface area contributed by atoms with Crippen LogP contribution in [0.1, 0.15) is 5.56 Å². The van der Waals surface area contributed by atoms with Gasteiger partial charge in [0, 0.05) is 20.9 Å². The van der Waals surface area contributed by atoms with Crippen LogP contribution in [0, 0.1) is 14.9 Å². The van der Waals surface area contributed by atoms with E-state index in [1.165, 1.54) is 3.57 Å². The Morgan fingerprint density at radius 2 is 1.62 bits per heavy atom. The third-order valence-electron chi connectivity index (χ3n) is 3.97. The van der Waals surface area contributed by atoms with Gasteiger partial charge in [0.1, 0.15) is 0 Å². The zero-order chi connectivity index (χ0) is 16.5. The molecule has 0 fully saturated rings. The molecule has 0 unspecified atom stereocenters. The number of nitrogens with one attached hydrogen (secondary N) is 1. The molecule has 1 N–H and O–H groups in total. The van der Waals surface area contributed by atoms with Gasteiger partial charge in [-0.2, -0.15) is 5.26 Å². The van der Waals surface area contributed by atoms with E-state index in [-0.39, 0.29) is 0 Å². The highest BCUT2D eigenvalue weighted by atomic mass is 127. The first-order valence-corrected chi connectivity index (χ1v) is 8.57. The van der Waals surface area contributed by atoms with Crippen LogP contribution >= 0.6 is 22.6 Å². The molecule has 0 aliphatic heterocycles. The fraction of sp³-hybridized carbons (Fsp3) is 0. The molecular formula is C20H12IN3. The van der Waals surface area contributed by atoms with Crippen molar-refractivity contribution < 1.29 is 0 Å². The van der Waals surface area contributed by atoms with Crippen LogP contribution in [0.3, 0.4) is 0 Å². The Kier molecular flexibility index (Phi) is 3.79. The summed E-state index contributed by atoms with van der Waals surface area (Å²) in [5.41, 5.74) is 6.73. The van der Waals surface area contributed by atoms with Crippen molar-refractivity contribution in [1.29, 1.82) is 5.26 Å². The van der Waals surface area contributed by atoms with E-state index in [0.717, 1.165) is 33.4 Å². The van der Waals surface area contributed by atoms with Crippen molar-refractivity contribution in [2.75, 3.05) is 0 Å². The summed E-state index contributed by atoms with van der Waals surface area (Å²) in [5.74, 6) is 0. The molecule has 114 valence electrons. The molecule has 0 spiro atoms. The number of hydrogen-bond donors (Lipinski definition) is 1. The zero-order valence-electron chi connectivity index (χ0n) is 12.6. The average Bonchev–Trinajstić information content (AvgIpc) is 3.09. The smallest absolute Gasteiger partial charge is 0.0991 e. The quantitative estimate of drug-likeness (QED) is 0.443. The minimum Gasteiger partial charge on any atom is -0.360 e. The highest BCUT2D eigenvalue weighted by Crippen LogP contribution is 2.33. The lowest BCUT2D eigenvalue weighted by Crippen LogP contribution is -1.91. The maximum absolute atomic E-state index is 9.00. The van der Waals surface area contributed by atoms with Gasteiger partial charge < -0.3 is 4.98 Å². The van der Waals surface area contributed by atoms with Gasteiger partial charge in [-0.25, -0.2) is 4.98 Å². The lowest BCUT2D eigenvalue weighted by atomic mass is 9.98. The second kappa shape index (κ2) is 6.10. The Labute approximate surface area is 153 Å². The predicted molar refractivity (Wildman–Crippen MR) is 104 cm³/mol. The number of nitriles is 1. The summed E-state index contributed by atoms with van der Waals surface area (Å²) in [4.78, 5) is 8.08. The first-order valence-electron chi connectivity index (χ1n) is 7.49. The zero-order valence-corrected chi connectivity index (χ0v) is 14.8. The number of pyridine rings is 1. The van der Waals surface area contributed by atoms with E-state index in [0.29, 0.717) is 5.56 Å². The van der Waals surface area contributed by atoms with Crippen molar-refractivity contribution in [3.8, 4) is 28.5 Å². The number of hydrogen-bond acceptors (Lipinski definition) is 2. The van der Waals surface area contributed by atoms with Crippen molar-refractivity contribution >= 4 is 33.6 Å². The molecule has 0 bridgehead atoms. The van der Waals surface area contributed by atoms with Crippen LogP contribution in [0.2, 0.25) is 0 Å². The van der Waals surface area contributed by atoms with Gasteiger partial charge in [-0.3, -0.25) is 0 Å². The van der Waals surface area contributed by atoms with Gasteiger partial charge in [-0.15, -0.1) is 0 Å². The summed E-state index contributed by atoms with van der Waals surface area (Å²) in [6, 6.07) is 22.2. The number of fused-ring (bicyclic) bond motifs is 1. The maximum atomic E-state index is 9.00. The van der Waals surface area contributed by atoms with Gasteiger partial charge in [0.25, 0.3) is 0 Å². The molecule has 2 aromatic heterocycles. The summed E-state index contributed by atoms with van der Waals surface area (Å²) in [7, 11) is 0. The average molecular weight is 421 g/mol. The van der Waals surface area contributed by atoms with E-state index < -0.39 is 0 Å². The number of halogens is 1. The summed E-state index contributed by atoms with van der Waals surface area (Å²) in [6.45, 7) is 0. The highest BCUT2D eigenvalue weighted by Gasteiger charge is 2.12. The van der Waals surface area contributed by atoms with Gasteiger partial charge in [0.2, 0.25) is 0 Å². The molecule has 2 aromatic carbocycles. The summed E-state index contributed by atoms with van der Waals surface area (Å²) >= 11 is 2.30. The van der Waals surface area contributed by atoms with E-state index in [4.69, 9.17) is 10.2 Å². The summed E-state index contributed by atoms with van der Waals surface area (Å²) < 4.78 is 1.19. The van der Waals surface area contributed by atoms with Crippen LogP contribution in [0.5, 0.6) is 0 Å². The van der Waals surface area contributed by atoms with Gasteiger partial charge in [0.05, 0.1) is 28.4 Å². The maximum Gasteiger partial charge on any atom is 0.0991 e. The van der Waals surface area contributed by atoms with Crippen LogP contribution < -0.4 is 0 Å². The van der Waals surface area contributed by atoms with Crippen LogP contribution in [0.4, 0.5) is 0 Å². The molecule has 0 aliphatic carbocycles. The van der Waals surface area contributed by atoms with Gasteiger partial charge >= 0.3 is 0 Å². The van der Waals surface area contributed by atoms with Crippen molar-refractivity contribution in [3.63, 3.8) is 0 Å². The summed E-state index contributed by atoms with van der Waals surface area (Å²) in [5, 5.41) is 9.00. The minimum absolute atomic E-state index is 0.656. The highest BCUT2D eigenvalue weighted by molar-refractivity contribution is 14.1. The molecule has 24 heavy (non-hydrogen) atoms. The third kappa shape index (κ3) is 2.68. The minimum atomic E-state index is 0.656. The van der Waals surface area contributed by atoms with Crippen LogP contribution in [-0.2, 0) is 0 Å². The number of aromatic nitrogens is 2. The normalized spacial score (nSPS) is 10.7.